The minimum atomic E-state index is -1.04. The van der Waals surface area contributed by atoms with Crippen LogP contribution in [-0.4, -0.2) is 77.7 Å². The van der Waals surface area contributed by atoms with E-state index in [9.17, 15) is 24.6 Å². The SMILES string of the molecule is CNC(=O)c1ccc(NC(=O)Nc2ccc(C[C@@H](CO)N(CC(O)COc3ccccc3)C(=O)OC(C)(C)C)cc2)cc1. The molecule has 11 heteroatoms. The van der Waals surface area contributed by atoms with Crippen molar-refractivity contribution in [2.24, 2.45) is 0 Å². The molecule has 0 bridgehead atoms. The molecular weight excluding hydrogens is 552 g/mol. The molecule has 230 valence electrons. The lowest BCUT2D eigenvalue weighted by Gasteiger charge is -2.34. The van der Waals surface area contributed by atoms with Crippen LogP contribution < -0.4 is 20.7 Å². The van der Waals surface area contributed by atoms with E-state index in [2.05, 4.69) is 16.0 Å². The molecule has 11 nitrogen and oxygen atoms in total. The molecule has 0 aliphatic heterocycles. The lowest BCUT2D eigenvalue weighted by atomic mass is 10.0. The number of amides is 4. The first-order valence-electron chi connectivity index (χ1n) is 13.9. The van der Waals surface area contributed by atoms with Gasteiger partial charge in [0, 0.05) is 24.0 Å². The highest BCUT2D eigenvalue weighted by Gasteiger charge is 2.30. The smallest absolute Gasteiger partial charge is 0.410 e. The van der Waals surface area contributed by atoms with Gasteiger partial charge in [-0.05, 0) is 81.3 Å². The molecule has 0 spiro atoms. The first kappa shape index (κ1) is 32.9. The van der Waals surface area contributed by atoms with E-state index in [0.29, 0.717) is 22.7 Å². The molecule has 3 aromatic rings. The first-order chi connectivity index (χ1) is 20.5. The molecule has 3 aromatic carbocycles. The Morgan fingerprint density at radius 3 is 2.00 bits per heavy atom. The number of para-hydroxylation sites is 1. The van der Waals surface area contributed by atoms with E-state index in [1.807, 2.05) is 18.2 Å². The largest absolute Gasteiger partial charge is 0.491 e. The number of hydrogen-bond acceptors (Lipinski definition) is 7. The second kappa shape index (κ2) is 15.6. The number of benzene rings is 3. The van der Waals surface area contributed by atoms with Crippen molar-refractivity contribution in [1.82, 2.24) is 10.2 Å². The number of hydrogen-bond donors (Lipinski definition) is 5. The lowest BCUT2D eigenvalue weighted by molar-refractivity contribution is -0.00891. The van der Waals surface area contributed by atoms with Crippen LogP contribution in [0.1, 0.15) is 36.7 Å². The molecule has 5 N–H and O–H groups in total. The maximum Gasteiger partial charge on any atom is 0.410 e. The van der Waals surface area contributed by atoms with Gasteiger partial charge in [-0.3, -0.25) is 9.69 Å². The van der Waals surface area contributed by atoms with E-state index in [4.69, 9.17) is 9.47 Å². The summed E-state index contributed by atoms with van der Waals surface area (Å²) in [6, 6.07) is 21.3. The molecule has 0 radical (unpaired) electrons. The van der Waals surface area contributed by atoms with Crippen molar-refractivity contribution in [3.05, 3.63) is 90.0 Å². The van der Waals surface area contributed by atoms with Crippen molar-refractivity contribution >= 4 is 29.4 Å². The molecule has 0 saturated heterocycles. The van der Waals surface area contributed by atoms with Crippen LogP contribution in [0.3, 0.4) is 0 Å². The van der Waals surface area contributed by atoms with Gasteiger partial charge in [0.2, 0.25) is 0 Å². The Kier molecular flexibility index (Phi) is 11.9. The Morgan fingerprint density at radius 2 is 1.47 bits per heavy atom. The van der Waals surface area contributed by atoms with Crippen LogP contribution in [0.5, 0.6) is 5.75 Å². The van der Waals surface area contributed by atoms with Crippen molar-refractivity contribution in [2.75, 3.05) is 37.4 Å². The van der Waals surface area contributed by atoms with Crippen molar-refractivity contribution < 1.29 is 34.1 Å². The van der Waals surface area contributed by atoms with E-state index in [-0.39, 0.29) is 32.1 Å². The number of nitrogens with zero attached hydrogens (tertiary/aromatic N) is 1. The van der Waals surface area contributed by atoms with Crippen molar-refractivity contribution in [3.63, 3.8) is 0 Å². The van der Waals surface area contributed by atoms with Crippen LogP contribution in [0.4, 0.5) is 21.0 Å². The second-order valence-electron chi connectivity index (χ2n) is 10.9. The molecule has 0 heterocycles. The summed E-state index contributed by atoms with van der Waals surface area (Å²) in [5.41, 5.74) is 1.54. The number of nitrogens with one attached hydrogen (secondary N) is 3. The highest BCUT2D eigenvalue weighted by Crippen LogP contribution is 2.18. The molecule has 43 heavy (non-hydrogen) atoms. The molecule has 0 aliphatic carbocycles. The number of carbonyl (C=O) groups is 3. The number of aliphatic hydroxyl groups is 2. The van der Waals surface area contributed by atoms with Crippen LogP contribution in [0.15, 0.2) is 78.9 Å². The monoisotopic (exact) mass is 592 g/mol. The molecule has 0 saturated carbocycles. The third-order valence-electron chi connectivity index (χ3n) is 6.19. The minimum absolute atomic E-state index is 0.0535. The summed E-state index contributed by atoms with van der Waals surface area (Å²) in [6.07, 6.45) is -1.43. The van der Waals surface area contributed by atoms with Gasteiger partial charge in [0.15, 0.2) is 0 Å². The molecule has 0 aromatic heterocycles. The van der Waals surface area contributed by atoms with Crippen molar-refractivity contribution in [1.29, 1.82) is 0 Å². The minimum Gasteiger partial charge on any atom is -0.491 e. The summed E-state index contributed by atoms with van der Waals surface area (Å²) in [6.45, 7) is 4.70. The summed E-state index contributed by atoms with van der Waals surface area (Å²) in [4.78, 5) is 38.6. The number of aliphatic hydroxyl groups excluding tert-OH is 2. The zero-order valence-electron chi connectivity index (χ0n) is 24.9. The molecule has 0 aliphatic rings. The summed E-state index contributed by atoms with van der Waals surface area (Å²) < 4.78 is 11.2. The van der Waals surface area contributed by atoms with Gasteiger partial charge in [-0.25, -0.2) is 9.59 Å². The Hall–Kier alpha value is -4.61. The number of anilines is 2. The normalized spacial score (nSPS) is 12.4. The van der Waals surface area contributed by atoms with Crippen molar-refractivity contribution in [2.45, 2.75) is 44.9 Å². The molecule has 1 unspecified atom stereocenters. The van der Waals surface area contributed by atoms with Gasteiger partial charge in [0.1, 0.15) is 24.1 Å². The number of carbonyl (C=O) groups excluding carboxylic acids is 3. The van der Waals surface area contributed by atoms with E-state index >= 15 is 0 Å². The second-order valence-corrected chi connectivity index (χ2v) is 10.9. The first-order valence-corrected chi connectivity index (χ1v) is 13.9. The van der Waals surface area contributed by atoms with E-state index < -0.39 is 29.9 Å². The third-order valence-corrected chi connectivity index (χ3v) is 6.19. The zero-order valence-corrected chi connectivity index (χ0v) is 24.9. The Bertz CT molecular complexity index is 1330. The summed E-state index contributed by atoms with van der Waals surface area (Å²) in [5, 5.41) is 28.9. The standard InChI is InChI=1S/C32H40N4O7/c1-32(2,3)43-31(41)36(19-27(38)21-42-28-8-6-5-7-9-28)26(20-37)18-22-10-14-24(15-11-22)34-30(40)35-25-16-12-23(13-17-25)29(39)33-4/h5-17,26-27,37-38H,18-21H2,1-4H3,(H,33,39)(H2,34,35,40)/t26-,27?/m0/s1. The molecule has 2 atom stereocenters. The van der Waals surface area contributed by atoms with Crippen LogP contribution >= 0.6 is 0 Å². The van der Waals surface area contributed by atoms with Gasteiger partial charge in [-0.15, -0.1) is 0 Å². The predicted octanol–water partition coefficient (Wildman–Crippen LogP) is 4.27. The maximum atomic E-state index is 13.1. The van der Waals surface area contributed by atoms with Gasteiger partial charge >= 0.3 is 12.1 Å². The maximum absolute atomic E-state index is 13.1. The van der Waals surface area contributed by atoms with Gasteiger partial charge in [0.25, 0.3) is 5.91 Å². The fourth-order valence-corrected chi connectivity index (χ4v) is 4.09. The Labute approximate surface area is 251 Å². The zero-order chi connectivity index (χ0) is 31.4. The van der Waals surface area contributed by atoms with Crippen LogP contribution in [-0.2, 0) is 11.2 Å². The number of rotatable bonds is 12. The summed E-state index contributed by atoms with van der Waals surface area (Å²) in [7, 11) is 1.54. The number of ether oxygens (including phenoxy) is 2. The van der Waals surface area contributed by atoms with E-state index in [0.717, 1.165) is 5.56 Å². The van der Waals surface area contributed by atoms with Gasteiger partial charge in [0.05, 0.1) is 19.2 Å². The highest BCUT2D eigenvalue weighted by molar-refractivity contribution is 6.00. The van der Waals surface area contributed by atoms with Crippen molar-refractivity contribution in [3.8, 4) is 5.75 Å². The summed E-state index contributed by atoms with van der Waals surface area (Å²) in [5.74, 6) is 0.368. The van der Waals surface area contributed by atoms with Crippen LogP contribution in [0.25, 0.3) is 0 Å². The predicted molar refractivity (Wildman–Crippen MR) is 164 cm³/mol. The fourth-order valence-electron chi connectivity index (χ4n) is 4.09. The van der Waals surface area contributed by atoms with Gasteiger partial charge in [-0.1, -0.05) is 30.3 Å². The van der Waals surface area contributed by atoms with E-state index in [1.54, 1.807) is 88.5 Å². The molecule has 4 amide bonds. The van der Waals surface area contributed by atoms with E-state index in [1.165, 1.54) is 4.90 Å². The summed E-state index contributed by atoms with van der Waals surface area (Å²) >= 11 is 0. The fraction of sp³-hybridized carbons (Fsp3) is 0.344. The van der Waals surface area contributed by atoms with Crippen LogP contribution in [0, 0.1) is 0 Å². The quantitative estimate of drug-likeness (QED) is 0.211. The number of urea groups is 1. The Morgan fingerprint density at radius 1 is 0.884 bits per heavy atom. The average Bonchev–Trinajstić information content (AvgIpc) is 2.98. The molecule has 3 rings (SSSR count). The molecule has 0 fully saturated rings. The average molecular weight is 593 g/mol. The lowest BCUT2D eigenvalue weighted by Crippen LogP contribution is -2.50. The topological polar surface area (TPSA) is 149 Å². The van der Waals surface area contributed by atoms with Gasteiger partial charge < -0.3 is 35.6 Å². The van der Waals surface area contributed by atoms with Crippen LogP contribution in [0.2, 0.25) is 0 Å². The third kappa shape index (κ3) is 11.0. The highest BCUT2D eigenvalue weighted by atomic mass is 16.6. The Balaban J connectivity index is 1.62. The van der Waals surface area contributed by atoms with Gasteiger partial charge in [-0.2, -0.15) is 0 Å². The molecular formula is C32H40N4O7.